The molecule has 0 spiro atoms. The SMILES string of the molecule is COc1ccc(NC(=O)NC(=O)CSc2nnnn2-c2ccc(C)c(C)c2)cc1. The van der Waals surface area contributed by atoms with Crippen molar-refractivity contribution in [3.05, 3.63) is 53.6 Å². The number of rotatable bonds is 6. The molecular formula is C19H20N6O3S. The number of nitrogens with one attached hydrogen (secondary N) is 2. The molecule has 3 rings (SSSR count). The summed E-state index contributed by atoms with van der Waals surface area (Å²) >= 11 is 1.14. The van der Waals surface area contributed by atoms with E-state index in [0.717, 1.165) is 23.0 Å². The molecule has 2 aromatic carbocycles. The number of nitrogens with zero attached hydrogens (tertiary/aromatic N) is 4. The first-order valence-electron chi connectivity index (χ1n) is 8.70. The second kappa shape index (κ2) is 9.20. The maximum Gasteiger partial charge on any atom is 0.325 e. The second-order valence-electron chi connectivity index (χ2n) is 6.16. The monoisotopic (exact) mass is 412 g/mol. The Hall–Kier alpha value is -3.40. The third-order valence-corrected chi connectivity index (χ3v) is 5.03. The molecule has 0 unspecified atom stereocenters. The van der Waals surface area contributed by atoms with Gasteiger partial charge in [0.05, 0.1) is 18.6 Å². The lowest BCUT2D eigenvalue weighted by Crippen LogP contribution is -2.35. The molecule has 0 aliphatic rings. The lowest BCUT2D eigenvalue weighted by atomic mass is 10.1. The number of hydrogen-bond donors (Lipinski definition) is 2. The topological polar surface area (TPSA) is 111 Å². The first-order valence-corrected chi connectivity index (χ1v) is 9.68. The van der Waals surface area contributed by atoms with Crippen molar-refractivity contribution < 1.29 is 14.3 Å². The number of carbonyl (C=O) groups excluding carboxylic acids is 2. The maximum absolute atomic E-state index is 12.1. The minimum Gasteiger partial charge on any atom is -0.497 e. The highest BCUT2D eigenvalue weighted by molar-refractivity contribution is 7.99. The standard InChI is InChI=1S/C19H20N6O3S/c1-12-4-7-15(10-13(12)2)25-19(22-23-24-25)29-11-17(26)21-18(27)20-14-5-8-16(28-3)9-6-14/h4-10H,11H2,1-3H3,(H2,20,21,26,27). The van der Waals surface area contributed by atoms with Gasteiger partial charge in [-0.15, -0.1) is 5.10 Å². The molecule has 1 heterocycles. The Morgan fingerprint density at radius 2 is 1.86 bits per heavy atom. The van der Waals surface area contributed by atoms with Crippen molar-refractivity contribution in [2.24, 2.45) is 0 Å². The summed E-state index contributed by atoms with van der Waals surface area (Å²) < 4.78 is 6.61. The second-order valence-corrected chi connectivity index (χ2v) is 7.10. The van der Waals surface area contributed by atoms with Crippen LogP contribution in [-0.4, -0.2) is 45.0 Å². The van der Waals surface area contributed by atoms with Crippen LogP contribution in [0.3, 0.4) is 0 Å². The van der Waals surface area contributed by atoms with Gasteiger partial charge < -0.3 is 10.1 Å². The van der Waals surface area contributed by atoms with Gasteiger partial charge in [-0.3, -0.25) is 10.1 Å². The molecule has 3 aromatic rings. The minimum atomic E-state index is -0.616. The summed E-state index contributed by atoms with van der Waals surface area (Å²) in [6.07, 6.45) is 0. The van der Waals surface area contributed by atoms with E-state index in [9.17, 15) is 9.59 Å². The molecule has 0 bridgehead atoms. The molecule has 0 radical (unpaired) electrons. The molecule has 29 heavy (non-hydrogen) atoms. The van der Waals surface area contributed by atoms with Gasteiger partial charge in [0.15, 0.2) is 0 Å². The highest BCUT2D eigenvalue weighted by Gasteiger charge is 2.14. The number of carbonyl (C=O) groups is 2. The number of imide groups is 1. The summed E-state index contributed by atoms with van der Waals surface area (Å²) in [7, 11) is 1.56. The van der Waals surface area contributed by atoms with Gasteiger partial charge in [-0.1, -0.05) is 17.8 Å². The Labute approximate surface area is 171 Å². The number of anilines is 1. The molecule has 0 aliphatic carbocycles. The molecule has 2 N–H and O–H groups in total. The Morgan fingerprint density at radius 1 is 1.10 bits per heavy atom. The number of amides is 3. The fraction of sp³-hybridized carbons (Fsp3) is 0.211. The van der Waals surface area contributed by atoms with Crippen LogP contribution < -0.4 is 15.4 Å². The van der Waals surface area contributed by atoms with E-state index in [0.29, 0.717) is 16.6 Å². The molecule has 150 valence electrons. The molecular weight excluding hydrogens is 392 g/mol. The number of benzene rings is 2. The number of thioether (sulfide) groups is 1. The Kier molecular flexibility index (Phi) is 6.45. The van der Waals surface area contributed by atoms with Gasteiger partial charge >= 0.3 is 6.03 Å². The van der Waals surface area contributed by atoms with Gasteiger partial charge in [0, 0.05) is 5.69 Å². The van der Waals surface area contributed by atoms with Gasteiger partial charge in [0.2, 0.25) is 11.1 Å². The zero-order valence-electron chi connectivity index (χ0n) is 16.2. The molecule has 9 nitrogen and oxygen atoms in total. The van der Waals surface area contributed by atoms with Gasteiger partial charge in [-0.05, 0) is 71.8 Å². The summed E-state index contributed by atoms with van der Waals surface area (Å²) in [6.45, 7) is 4.03. The van der Waals surface area contributed by atoms with Crippen molar-refractivity contribution in [3.63, 3.8) is 0 Å². The van der Waals surface area contributed by atoms with Gasteiger partial charge in [-0.2, -0.15) is 4.68 Å². The van der Waals surface area contributed by atoms with Crippen LogP contribution in [0, 0.1) is 13.8 Å². The lowest BCUT2D eigenvalue weighted by molar-refractivity contribution is -0.117. The predicted octanol–water partition coefficient (Wildman–Crippen LogP) is 2.73. The largest absolute Gasteiger partial charge is 0.497 e. The number of tetrazole rings is 1. The average Bonchev–Trinajstić information content (AvgIpc) is 3.17. The van der Waals surface area contributed by atoms with E-state index < -0.39 is 11.9 Å². The van der Waals surface area contributed by atoms with Crippen LogP contribution in [0.25, 0.3) is 5.69 Å². The molecule has 0 saturated carbocycles. The number of ether oxygens (including phenoxy) is 1. The van der Waals surface area contributed by atoms with Gasteiger partial charge in [-0.25, -0.2) is 4.79 Å². The summed E-state index contributed by atoms with van der Waals surface area (Å²) in [4.78, 5) is 24.1. The van der Waals surface area contributed by atoms with E-state index in [1.54, 1.807) is 36.1 Å². The quantitative estimate of drug-likeness (QED) is 0.599. The number of aryl methyl sites for hydroxylation is 2. The van der Waals surface area contributed by atoms with E-state index in [-0.39, 0.29) is 5.75 Å². The van der Waals surface area contributed by atoms with Crippen molar-refractivity contribution in [2.45, 2.75) is 19.0 Å². The fourth-order valence-electron chi connectivity index (χ4n) is 2.42. The van der Waals surface area contributed by atoms with Crippen molar-refractivity contribution in [3.8, 4) is 11.4 Å². The average molecular weight is 412 g/mol. The highest BCUT2D eigenvalue weighted by Crippen LogP contribution is 2.20. The molecule has 0 saturated heterocycles. The number of hydrogen-bond acceptors (Lipinski definition) is 7. The highest BCUT2D eigenvalue weighted by atomic mass is 32.2. The van der Waals surface area contributed by atoms with Crippen LogP contribution in [0.2, 0.25) is 0 Å². The van der Waals surface area contributed by atoms with Crippen LogP contribution in [0.4, 0.5) is 10.5 Å². The number of aromatic nitrogens is 4. The zero-order valence-corrected chi connectivity index (χ0v) is 17.0. The maximum atomic E-state index is 12.1. The van der Waals surface area contributed by atoms with E-state index >= 15 is 0 Å². The first-order chi connectivity index (χ1) is 14.0. The summed E-state index contributed by atoms with van der Waals surface area (Å²) in [6, 6.07) is 12.0. The van der Waals surface area contributed by atoms with Crippen LogP contribution in [0.15, 0.2) is 47.6 Å². The Balaban J connectivity index is 1.55. The van der Waals surface area contributed by atoms with Crippen molar-refractivity contribution >= 4 is 29.4 Å². The summed E-state index contributed by atoms with van der Waals surface area (Å²) in [5.41, 5.74) is 3.63. The zero-order chi connectivity index (χ0) is 20.8. The molecule has 1 aromatic heterocycles. The van der Waals surface area contributed by atoms with Gasteiger partial charge in [0.25, 0.3) is 0 Å². The molecule has 0 aliphatic heterocycles. The van der Waals surface area contributed by atoms with E-state index in [2.05, 4.69) is 26.2 Å². The van der Waals surface area contributed by atoms with Crippen molar-refractivity contribution in [1.82, 2.24) is 25.5 Å². The van der Waals surface area contributed by atoms with Crippen LogP contribution >= 0.6 is 11.8 Å². The normalized spacial score (nSPS) is 10.4. The van der Waals surface area contributed by atoms with Crippen molar-refractivity contribution in [1.29, 1.82) is 0 Å². The first kappa shape index (κ1) is 20.3. The Morgan fingerprint density at radius 3 is 2.55 bits per heavy atom. The number of methoxy groups -OCH3 is 1. The lowest BCUT2D eigenvalue weighted by Gasteiger charge is -2.08. The van der Waals surface area contributed by atoms with Crippen LogP contribution in [-0.2, 0) is 4.79 Å². The summed E-state index contributed by atoms with van der Waals surface area (Å²) in [5.74, 6) is 0.196. The molecule has 0 fully saturated rings. The van der Waals surface area contributed by atoms with E-state index in [1.807, 2.05) is 32.0 Å². The van der Waals surface area contributed by atoms with Crippen LogP contribution in [0.1, 0.15) is 11.1 Å². The number of urea groups is 1. The van der Waals surface area contributed by atoms with Crippen molar-refractivity contribution in [2.75, 3.05) is 18.2 Å². The smallest absolute Gasteiger partial charge is 0.325 e. The van der Waals surface area contributed by atoms with E-state index in [1.165, 1.54) is 5.56 Å². The van der Waals surface area contributed by atoms with Gasteiger partial charge in [0.1, 0.15) is 5.75 Å². The van der Waals surface area contributed by atoms with Crippen LogP contribution in [0.5, 0.6) is 5.75 Å². The third-order valence-electron chi connectivity index (χ3n) is 4.11. The third kappa shape index (κ3) is 5.32. The fourth-order valence-corrected chi connectivity index (χ4v) is 3.11. The Bertz CT molecular complexity index is 1020. The molecule has 0 atom stereocenters. The predicted molar refractivity (Wildman–Crippen MR) is 110 cm³/mol. The molecule has 3 amide bonds. The molecule has 10 heteroatoms. The summed E-state index contributed by atoms with van der Waals surface area (Å²) in [5, 5.41) is 16.9. The van der Waals surface area contributed by atoms with E-state index in [4.69, 9.17) is 4.74 Å². The minimum absolute atomic E-state index is 0.0126.